The van der Waals surface area contributed by atoms with Crippen molar-refractivity contribution in [3.05, 3.63) is 47.7 Å². The molecular formula is C18H24N2O2. The molecule has 0 aliphatic carbocycles. The van der Waals surface area contributed by atoms with Gasteiger partial charge in [0.1, 0.15) is 0 Å². The molecule has 22 heavy (non-hydrogen) atoms. The van der Waals surface area contributed by atoms with Crippen LogP contribution in [0.5, 0.6) is 0 Å². The van der Waals surface area contributed by atoms with Gasteiger partial charge < -0.3 is 15.1 Å². The van der Waals surface area contributed by atoms with Crippen LogP contribution < -0.4 is 10.6 Å². The van der Waals surface area contributed by atoms with Gasteiger partial charge in [-0.05, 0) is 36.6 Å². The highest BCUT2D eigenvalue weighted by Crippen LogP contribution is 2.16. The van der Waals surface area contributed by atoms with Crippen molar-refractivity contribution in [2.75, 3.05) is 17.7 Å². The number of rotatable bonds is 8. The maximum atomic E-state index is 12.0. The lowest BCUT2D eigenvalue weighted by Crippen LogP contribution is -2.10. The highest BCUT2D eigenvalue weighted by molar-refractivity contribution is 6.02. The van der Waals surface area contributed by atoms with Gasteiger partial charge in [-0.2, -0.15) is 0 Å². The van der Waals surface area contributed by atoms with Crippen LogP contribution in [0.2, 0.25) is 0 Å². The molecule has 4 nitrogen and oxygen atoms in total. The van der Waals surface area contributed by atoms with Crippen molar-refractivity contribution in [1.82, 2.24) is 0 Å². The predicted molar refractivity (Wildman–Crippen MR) is 90.5 cm³/mol. The van der Waals surface area contributed by atoms with E-state index >= 15 is 0 Å². The first-order valence-corrected chi connectivity index (χ1v) is 7.91. The lowest BCUT2D eigenvalue weighted by molar-refractivity contribution is 0.0997. The minimum atomic E-state index is -0.239. The molecule has 0 spiro atoms. The Morgan fingerprint density at radius 1 is 1.05 bits per heavy atom. The second-order valence-electron chi connectivity index (χ2n) is 5.38. The minimum absolute atomic E-state index is 0.239. The zero-order valence-electron chi connectivity index (χ0n) is 13.3. The maximum Gasteiger partial charge on any atom is 0.291 e. The molecule has 0 bridgehead atoms. The summed E-state index contributed by atoms with van der Waals surface area (Å²) in [5.41, 5.74) is 2.09. The Morgan fingerprint density at radius 3 is 2.45 bits per heavy atom. The molecule has 0 saturated heterocycles. The molecule has 4 heteroatoms. The van der Waals surface area contributed by atoms with Crippen molar-refractivity contribution in [1.29, 1.82) is 0 Å². The van der Waals surface area contributed by atoms with E-state index in [2.05, 4.69) is 29.7 Å². The molecule has 2 aromatic rings. The van der Waals surface area contributed by atoms with E-state index in [4.69, 9.17) is 4.42 Å². The van der Waals surface area contributed by atoms with Crippen LogP contribution in [0.1, 0.15) is 48.7 Å². The largest absolute Gasteiger partial charge is 0.436 e. The van der Waals surface area contributed by atoms with Crippen molar-refractivity contribution in [3.63, 3.8) is 0 Å². The van der Waals surface area contributed by atoms with Gasteiger partial charge >= 0.3 is 0 Å². The van der Waals surface area contributed by atoms with Crippen LogP contribution >= 0.6 is 0 Å². The van der Waals surface area contributed by atoms with Gasteiger partial charge in [0, 0.05) is 18.8 Å². The summed E-state index contributed by atoms with van der Waals surface area (Å²) in [6.07, 6.45) is 6.15. The first-order valence-electron chi connectivity index (χ1n) is 7.91. The number of carbonyl (C=O) groups is 1. The zero-order chi connectivity index (χ0) is 15.8. The third kappa shape index (κ3) is 4.65. The Bertz CT molecular complexity index is 587. The fourth-order valence-electron chi connectivity index (χ4n) is 2.30. The number of hydrogen-bond acceptors (Lipinski definition) is 3. The molecule has 0 aliphatic rings. The van der Waals surface area contributed by atoms with Gasteiger partial charge in [0.15, 0.2) is 11.6 Å². The second kappa shape index (κ2) is 8.27. The molecule has 0 unspecified atom stereocenters. The number of furan rings is 1. The van der Waals surface area contributed by atoms with Crippen LogP contribution in [-0.2, 0) is 6.42 Å². The van der Waals surface area contributed by atoms with Gasteiger partial charge in [0.25, 0.3) is 5.91 Å². The summed E-state index contributed by atoms with van der Waals surface area (Å²) < 4.78 is 5.34. The van der Waals surface area contributed by atoms with Crippen molar-refractivity contribution in [2.24, 2.45) is 0 Å². The van der Waals surface area contributed by atoms with E-state index in [1.54, 1.807) is 19.2 Å². The fourth-order valence-corrected chi connectivity index (χ4v) is 2.30. The number of carbonyl (C=O) groups excluding carboxylic acids is 1. The first-order chi connectivity index (χ1) is 10.7. The van der Waals surface area contributed by atoms with E-state index in [1.165, 1.54) is 31.2 Å². The van der Waals surface area contributed by atoms with Crippen molar-refractivity contribution in [3.8, 4) is 0 Å². The smallest absolute Gasteiger partial charge is 0.291 e. The Morgan fingerprint density at radius 2 is 1.82 bits per heavy atom. The monoisotopic (exact) mass is 300 g/mol. The molecule has 0 saturated carbocycles. The highest BCUT2D eigenvalue weighted by Gasteiger charge is 2.10. The third-order valence-electron chi connectivity index (χ3n) is 3.61. The molecule has 2 N–H and O–H groups in total. The van der Waals surface area contributed by atoms with Crippen LogP contribution in [0.4, 0.5) is 11.6 Å². The first kappa shape index (κ1) is 16.1. The van der Waals surface area contributed by atoms with Crippen LogP contribution in [0, 0.1) is 0 Å². The second-order valence-corrected chi connectivity index (χ2v) is 5.38. The average Bonchev–Trinajstić information content (AvgIpc) is 3.02. The van der Waals surface area contributed by atoms with Crippen molar-refractivity contribution < 1.29 is 9.21 Å². The highest BCUT2D eigenvalue weighted by atomic mass is 16.4. The molecule has 2 rings (SSSR count). The van der Waals surface area contributed by atoms with Crippen molar-refractivity contribution in [2.45, 2.75) is 39.0 Å². The quantitative estimate of drug-likeness (QED) is 0.695. The molecule has 118 valence electrons. The van der Waals surface area contributed by atoms with Crippen LogP contribution in [-0.4, -0.2) is 13.0 Å². The van der Waals surface area contributed by atoms with E-state index in [-0.39, 0.29) is 5.91 Å². The van der Waals surface area contributed by atoms with E-state index in [0.29, 0.717) is 11.6 Å². The van der Waals surface area contributed by atoms with Gasteiger partial charge in [-0.15, -0.1) is 0 Å². The van der Waals surface area contributed by atoms with Crippen LogP contribution in [0.3, 0.4) is 0 Å². The van der Waals surface area contributed by atoms with Crippen LogP contribution in [0.15, 0.2) is 40.8 Å². The summed E-state index contributed by atoms with van der Waals surface area (Å²) in [5.74, 6) is 0.637. The molecule has 1 aromatic heterocycles. The third-order valence-corrected chi connectivity index (χ3v) is 3.61. The number of nitrogens with one attached hydrogen (secondary N) is 2. The summed E-state index contributed by atoms with van der Waals surface area (Å²) in [6.45, 7) is 2.22. The topological polar surface area (TPSA) is 54.3 Å². The summed E-state index contributed by atoms with van der Waals surface area (Å²) >= 11 is 0. The van der Waals surface area contributed by atoms with Gasteiger partial charge in [-0.3, -0.25) is 4.79 Å². The molecule has 1 amide bonds. The lowest BCUT2D eigenvalue weighted by Gasteiger charge is -2.05. The van der Waals surface area contributed by atoms with E-state index in [1.807, 2.05) is 12.1 Å². The van der Waals surface area contributed by atoms with Gasteiger partial charge in [-0.25, -0.2) is 0 Å². The summed E-state index contributed by atoms with van der Waals surface area (Å²) in [4.78, 5) is 12.0. The van der Waals surface area contributed by atoms with E-state index < -0.39 is 0 Å². The van der Waals surface area contributed by atoms with Gasteiger partial charge in [0.05, 0.1) is 0 Å². The van der Waals surface area contributed by atoms with E-state index in [9.17, 15) is 4.79 Å². The number of amides is 1. The van der Waals surface area contributed by atoms with Gasteiger partial charge in [0.2, 0.25) is 0 Å². The summed E-state index contributed by atoms with van der Waals surface area (Å²) in [6, 6.07) is 11.4. The van der Waals surface area contributed by atoms with Crippen LogP contribution in [0.25, 0.3) is 0 Å². The van der Waals surface area contributed by atoms with E-state index in [0.717, 1.165) is 12.1 Å². The number of anilines is 2. The average molecular weight is 300 g/mol. The number of hydrogen-bond donors (Lipinski definition) is 2. The number of aryl methyl sites for hydroxylation is 1. The molecular weight excluding hydrogens is 276 g/mol. The Balaban J connectivity index is 1.86. The molecule has 1 heterocycles. The Kier molecular flexibility index (Phi) is 6.07. The molecule has 0 fully saturated rings. The predicted octanol–water partition coefficient (Wildman–Crippen LogP) is 4.70. The molecule has 0 radical (unpaired) electrons. The lowest BCUT2D eigenvalue weighted by atomic mass is 10.1. The Labute approximate surface area is 131 Å². The summed E-state index contributed by atoms with van der Waals surface area (Å²) in [5, 5.41) is 5.69. The van der Waals surface area contributed by atoms with Gasteiger partial charge in [-0.1, -0.05) is 38.3 Å². The number of benzene rings is 1. The fraction of sp³-hybridized carbons (Fsp3) is 0.389. The zero-order valence-corrected chi connectivity index (χ0v) is 13.3. The van der Waals surface area contributed by atoms with Crippen molar-refractivity contribution >= 4 is 17.5 Å². The standard InChI is InChI=1S/C18H24N2O2/c1-3-4-5-6-7-14-8-10-15(11-9-14)20-18(21)16-12-13-17(19-2)22-16/h8-13,19H,3-7H2,1-2H3,(H,20,21). The number of unbranched alkanes of at least 4 members (excludes halogenated alkanes) is 3. The minimum Gasteiger partial charge on any atom is -0.436 e. The summed E-state index contributed by atoms with van der Waals surface area (Å²) in [7, 11) is 1.75. The maximum absolute atomic E-state index is 12.0. The molecule has 0 aliphatic heterocycles. The Hall–Kier alpha value is -2.23. The normalized spacial score (nSPS) is 10.5. The molecule has 1 aromatic carbocycles. The SMILES string of the molecule is CCCCCCc1ccc(NC(=O)c2ccc(NC)o2)cc1. The molecule has 0 atom stereocenters.